The van der Waals surface area contributed by atoms with E-state index in [-0.39, 0.29) is 38.8 Å². The average molecular weight is 97.9 g/mol. The largest absolute Gasteiger partial charge is 3.00 e. The van der Waals surface area contributed by atoms with Gasteiger partial charge in [0.25, 0.3) is 0 Å². The van der Waals surface area contributed by atoms with Crippen LogP contribution in [-0.2, 0) is 32.7 Å². The van der Waals surface area contributed by atoms with E-state index in [0.29, 0.717) is 0 Å². The summed E-state index contributed by atoms with van der Waals surface area (Å²) in [4.78, 5) is 0. The monoisotopic (exact) mass is 98.0 g/mol. The van der Waals surface area contributed by atoms with Crippen LogP contribution in [0.2, 0.25) is 0 Å². The van der Waals surface area contributed by atoms with Crippen molar-refractivity contribution in [3.8, 4) is 0 Å². The molecule has 0 aromatic rings. The second kappa shape index (κ2) is 68.5. The summed E-state index contributed by atoms with van der Waals surface area (Å²) in [6.07, 6.45) is 0. The summed E-state index contributed by atoms with van der Waals surface area (Å²) in [6.45, 7) is 0. The van der Waals surface area contributed by atoms with Crippen molar-refractivity contribution in [1.82, 2.24) is 6.15 Å². The molecule has 4 heteroatoms. The fraction of sp³-hybridized carbons (Fsp3) is 0. The molecule has 0 aromatic carbocycles. The fourth-order valence-corrected chi connectivity index (χ4v) is 0. The van der Waals surface area contributed by atoms with E-state index in [9.17, 15) is 0 Å². The van der Waals surface area contributed by atoms with Crippen LogP contribution in [0.1, 0.15) is 0 Å². The van der Waals surface area contributed by atoms with Gasteiger partial charge in [-0.15, -0.1) is 0 Å². The molecule has 0 rings (SSSR count). The van der Waals surface area contributed by atoms with Gasteiger partial charge in [-0.25, -0.2) is 0 Å². The quantitative estimate of drug-likeness (QED) is 0.417. The zero-order valence-electron chi connectivity index (χ0n) is 2.32. The molecule has 0 aromatic heterocycles. The van der Waals surface area contributed by atoms with Gasteiger partial charge >= 0.3 is 21.7 Å². The van der Waals surface area contributed by atoms with Gasteiger partial charge in [0.2, 0.25) is 0 Å². The minimum atomic E-state index is 0. The van der Waals surface area contributed by atoms with Crippen molar-refractivity contribution in [3.63, 3.8) is 0 Å². The van der Waals surface area contributed by atoms with Crippen LogP contribution in [0.4, 0.5) is 0 Å². The molecule has 0 unspecified atom stereocenters. The molecule has 0 aliphatic heterocycles. The van der Waals surface area contributed by atoms with E-state index < -0.39 is 0 Å². The van der Waals surface area contributed by atoms with Crippen LogP contribution in [0.25, 0.3) is 0 Å². The molecule has 25 valence electrons. The van der Waals surface area contributed by atoms with Gasteiger partial charge in [-0.2, -0.15) is 0 Å². The second-order valence-corrected chi connectivity index (χ2v) is 0. The van der Waals surface area contributed by atoms with Crippen molar-refractivity contribution in [2.45, 2.75) is 0 Å². The summed E-state index contributed by atoms with van der Waals surface area (Å²) in [5, 5.41) is 0. The molecule has 0 fully saturated rings. The van der Waals surface area contributed by atoms with Gasteiger partial charge in [-0.3, -0.25) is 0 Å². The molecule has 4 heavy (non-hydrogen) atoms. The summed E-state index contributed by atoms with van der Waals surface area (Å²) < 4.78 is 0. The summed E-state index contributed by atoms with van der Waals surface area (Å²) in [5.41, 5.74) is 0. The van der Waals surface area contributed by atoms with E-state index in [2.05, 4.69) is 0 Å². The van der Waals surface area contributed by atoms with Crippen molar-refractivity contribution in [1.29, 1.82) is 0 Å². The predicted molar refractivity (Wildman–Crippen MR) is 7.36 cm³/mol. The first-order valence-corrected chi connectivity index (χ1v) is 0. The first-order chi connectivity index (χ1) is 0. The van der Waals surface area contributed by atoms with Gasteiger partial charge < -0.3 is 17.1 Å². The second-order valence-electron chi connectivity index (χ2n) is 0. The first kappa shape index (κ1) is 168. The van der Waals surface area contributed by atoms with Crippen molar-refractivity contribution in [2.75, 3.05) is 0 Å². The third-order valence-corrected chi connectivity index (χ3v) is 0. The third-order valence-electron chi connectivity index (χ3n) is 0. The summed E-state index contributed by atoms with van der Waals surface area (Å²) >= 11 is 0. The molecule has 0 heterocycles. The number of hydrogen-bond acceptors (Lipinski definition) is 0. The SMILES string of the molecule is [NH4+].[O-2].[O-2].[Ti+3]. The summed E-state index contributed by atoms with van der Waals surface area (Å²) in [6, 6.07) is 0. The van der Waals surface area contributed by atoms with Gasteiger partial charge in [-0.05, 0) is 0 Å². The van der Waals surface area contributed by atoms with Gasteiger partial charge in [-0.1, -0.05) is 0 Å². The summed E-state index contributed by atoms with van der Waals surface area (Å²) in [7, 11) is 0. The van der Waals surface area contributed by atoms with E-state index in [4.69, 9.17) is 0 Å². The molecule has 3 nitrogen and oxygen atoms in total. The van der Waals surface area contributed by atoms with Crippen LogP contribution in [0.15, 0.2) is 0 Å². The Balaban J connectivity index is 0. The number of quaternary nitrogens is 1. The Morgan fingerprint density at radius 2 is 0.750 bits per heavy atom. The van der Waals surface area contributed by atoms with Crippen LogP contribution in [-0.4, -0.2) is 0 Å². The molecule has 0 amide bonds. The maximum atomic E-state index is 0. The summed E-state index contributed by atoms with van der Waals surface area (Å²) in [5.74, 6) is 0. The van der Waals surface area contributed by atoms with E-state index in [1.165, 1.54) is 0 Å². The standard InChI is InChI=1S/H3N.2O.Ti/h1H3;;;/q;2*-2;+3/p+1. The molecular weight excluding hydrogens is 93.9 g/mol. The Labute approximate surface area is 39.5 Å². The Bertz CT molecular complexity index is 6.00. The van der Waals surface area contributed by atoms with Gasteiger partial charge in [0.1, 0.15) is 0 Å². The predicted octanol–water partition coefficient (Wildman–Crippen LogP) is 0.136. The van der Waals surface area contributed by atoms with E-state index in [1.807, 2.05) is 0 Å². The molecule has 0 saturated carbocycles. The molecule has 4 N–H and O–H groups in total. The van der Waals surface area contributed by atoms with Gasteiger partial charge in [0, 0.05) is 0 Å². The average Bonchev–Trinajstić information content (AvgIpc) is 0. The molecule has 0 saturated heterocycles. The molecule has 0 atom stereocenters. The van der Waals surface area contributed by atoms with Crippen molar-refractivity contribution in [2.24, 2.45) is 0 Å². The van der Waals surface area contributed by atoms with Crippen molar-refractivity contribution >= 4 is 0 Å². The van der Waals surface area contributed by atoms with E-state index >= 15 is 0 Å². The fourth-order valence-electron chi connectivity index (χ4n) is 0. The smallest absolute Gasteiger partial charge is 2.00 e. The third kappa shape index (κ3) is 18.7. The zero-order valence-corrected chi connectivity index (χ0v) is 3.88. The van der Waals surface area contributed by atoms with Crippen molar-refractivity contribution < 1.29 is 32.7 Å². The van der Waals surface area contributed by atoms with Crippen LogP contribution >= 0.6 is 0 Å². The van der Waals surface area contributed by atoms with Crippen LogP contribution in [0.5, 0.6) is 0 Å². The number of rotatable bonds is 0. The Kier molecular flexibility index (Phi) is 2880. The molecule has 0 aliphatic carbocycles. The Morgan fingerprint density at radius 3 is 0.750 bits per heavy atom. The number of hydrogen-bond donors (Lipinski definition) is 1. The first-order valence-electron chi connectivity index (χ1n) is 0. The normalized spacial score (nSPS) is 0. The van der Waals surface area contributed by atoms with Crippen LogP contribution in [0, 0.1) is 0 Å². The zero-order chi connectivity index (χ0) is 0. The molecule has 0 spiro atoms. The minimum Gasteiger partial charge on any atom is -2.00 e. The van der Waals surface area contributed by atoms with E-state index in [1.54, 1.807) is 0 Å². The Hall–Kier alpha value is 0.594. The molecule has 0 bridgehead atoms. The van der Waals surface area contributed by atoms with Crippen LogP contribution in [0.3, 0.4) is 0 Å². The topological polar surface area (TPSA) is 93.5 Å². The van der Waals surface area contributed by atoms with E-state index in [0.717, 1.165) is 0 Å². The molecule has 1 radical (unpaired) electrons. The maximum Gasteiger partial charge on any atom is 3.00 e. The molecular formula is H4NO2Ti. The van der Waals surface area contributed by atoms with Gasteiger partial charge in [0.05, 0.1) is 0 Å². The van der Waals surface area contributed by atoms with Crippen LogP contribution < -0.4 is 6.15 Å². The minimum absolute atomic E-state index is 0. The maximum absolute atomic E-state index is 0. The van der Waals surface area contributed by atoms with Gasteiger partial charge in [0.15, 0.2) is 0 Å². The van der Waals surface area contributed by atoms with Crippen molar-refractivity contribution in [3.05, 3.63) is 0 Å². The molecule has 0 aliphatic rings. The Morgan fingerprint density at radius 1 is 0.750 bits per heavy atom.